The zero-order valence-corrected chi connectivity index (χ0v) is 16.8. The Morgan fingerprint density at radius 2 is 1.72 bits per heavy atom. The fraction of sp³-hybridized carbons (Fsp3) is 0.222. The van der Waals surface area contributed by atoms with Gasteiger partial charge in [-0.25, -0.2) is 8.42 Å². The van der Waals surface area contributed by atoms with Gasteiger partial charge in [0, 0.05) is 30.4 Å². The van der Waals surface area contributed by atoms with Gasteiger partial charge in [-0.3, -0.25) is 24.0 Å². The molecule has 2 aromatic carbocycles. The number of benzene rings is 2. The number of carbonyl (C=O) groups is 2. The summed E-state index contributed by atoms with van der Waals surface area (Å²) in [4.78, 5) is 34.0. The number of anilines is 3. The molecule has 0 aliphatic heterocycles. The van der Waals surface area contributed by atoms with Crippen molar-refractivity contribution in [2.75, 3.05) is 27.7 Å². The topological polar surface area (TPSA) is 139 Å². The maximum Gasteiger partial charge on any atom is 0.271 e. The summed E-state index contributed by atoms with van der Waals surface area (Å²) in [6.45, 7) is 2.36. The Hall–Kier alpha value is -3.47. The predicted octanol–water partition coefficient (Wildman–Crippen LogP) is 2.27. The predicted molar refractivity (Wildman–Crippen MR) is 109 cm³/mol. The molecule has 0 bridgehead atoms. The van der Waals surface area contributed by atoms with E-state index in [0.717, 1.165) is 16.6 Å². The van der Waals surface area contributed by atoms with Crippen molar-refractivity contribution in [3.05, 3.63) is 58.1 Å². The monoisotopic (exact) mass is 420 g/mol. The zero-order valence-electron chi connectivity index (χ0n) is 16.0. The first-order valence-electron chi connectivity index (χ1n) is 8.37. The minimum atomic E-state index is -3.90. The highest BCUT2D eigenvalue weighted by Crippen LogP contribution is 2.27. The van der Waals surface area contributed by atoms with E-state index in [1.165, 1.54) is 25.1 Å². The van der Waals surface area contributed by atoms with Crippen LogP contribution in [0.3, 0.4) is 0 Å². The lowest BCUT2D eigenvalue weighted by Gasteiger charge is -2.23. The molecule has 0 aliphatic carbocycles. The van der Waals surface area contributed by atoms with Gasteiger partial charge in [0.05, 0.1) is 16.9 Å². The molecule has 0 aliphatic rings. The molecular formula is C18H20N4O6S. The molecule has 29 heavy (non-hydrogen) atoms. The first kappa shape index (κ1) is 21.8. The van der Waals surface area contributed by atoms with Gasteiger partial charge in [-0.2, -0.15) is 0 Å². The summed E-state index contributed by atoms with van der Waals surface area (Å²) in [5.41, 5.74) is 1.03. The van der Waals surface area contributed by atoms with Crippen LogP contribution in [0.25, 0.3) is 0 Å². The lowest BCUT2D eigenvalue weighted by molar-refractivity contribution is -0.384. The Morgan fingerprint density at radius 1 is 1.10 bits per heavy atom. The van der Waals surface area contributed by atoms with Crippen LogP contribution in [-0.4, -0.2) is 38.0 Å². The normalized spacial score (nSPS) is 10.9. The van der Waals surface area contributed by atoms with Crippen LogP contribution in [0.1, 0.15) is 12.5 Å². The van der Waals surface area contributed by atoms with E-state index in [0.29, 0.717) is 16.9 Å². The van der Waals surface area contributed by atoms with Gasteiger partial charge in [-0.1, -0.05) is 12.1 Å². The number of aryl methyl sites for hydroxylation is 1. The van der Waals surface area contributed by atoms with E-state index in [4.69, 9.17) is 0 Å². The summed E-state index contributed by atoms with van der Waals surface area (Å²) in [5, 5.41) is 16.2. The largest absolute Gasteiger partial charge is 0.326 e. The second-order valence-corrected chi connectivity index (χ2v) is 8.21. The van der Waals surface area contributed by atoms with Gasteiger partial charge in [-0.15, -0.1) is 0 Å². The van der Waals surface area contributed by atoms with Crippen LogP contribution < -0.4 is 14.9 Å². The van der Waals surface area contributed by atoms with Crippen molar-refractivity contribution in [1.29, 1.82) is 0 Å². The maximum atomic E-state index is 12.5. The molecule has 0 saturated carbocycles. The van der Waals surface area contributed by atoms with Gasteiger partial charge in [-0.05, 0) is 30.7 Å². The van der Waals surface area contributed by atoms with E-state index < -0.39 is 27.4 Å². The highest BCUT2D eigenvalue weighted by Gasteiger charge is 2.24. The molecule has 10 nitrogen and oxygen atoms in total. The van der Waals surface area contributed by atoms with Gasteiger partial charge in [0.15, 0.2) is 0 Å². The first-order chi connectivity index (χ1) is 13.5. The third-order valence-corrected chi connectivity index (χ3v) is 4.95. The van der Waals surface area contributed by atoms with Crippen LogP contribution in [0.5, 0.6) is 0 Å². The quantitative estimate of drug-likeness (QED) is 0.520. The van der Waals surface area contributed by atoms with Crippen LogP contribution >= 0.6 is 0 Å². The molecular weight excluding hydrogens is 400 g/mol. The number of carbonyl (C=O) groups excluding carboxylic acids is 2. The molecule has 0 heterocycles. The lowest BCUT2D eigenvalue weighted by Crippen LogP contribution is -2.37. The summed E-state index contributed by atoms with van der Waals surface area (Å²) in [5.74, 6) is -0.931. The Morgan fingerprint density at radius 3 is 2.28 bits per heavy atom. The van der Waals surface area contributed by atoms with Gasteiger partial charge < -0.3 is 10.6 Å². The summed E-state index contributed by atoms with van der Waals surface area (Å²) in [7, 11) is -3.90. The molecule has 0 unspecified atom stereocenters. The summed E-state index contributed by atoms with van der Waals surface area (Å²) in [6.07, 6.45) is 0.913. The van der Waals surface area contributed by atoms with E-state index in [9.17, 15) is 28.1 Å². The average molecular weight is 420 g/mol. The van der Waals surface area contributed by atoms with Gasteiger partial charge in [0.25, 0.3) is 5.69 Å². The van der Waals surface area contributed by atoms with Gasteiger partial charge >= 0.3 is 0 Å². The number of nitrogens with one attached hydrogen (secondary N) is 2. The lowest BCUT2D eigenvalue weighted by atomic mass is 10.2. The number of amides is 2. The molecule has 0 atom stereocenters. The smallest absolute Gasteiger partial charge is 0.271 e. The van der Waals surface area contributed by atoms with Crippen molar-refractivity contribution >= 4 is 44.6 Å². The number of hydrogen-bond donors (Lipinski definition) is 2. The minimum absolute atomic E-state index is 0.0452. The molecule has 0 fully saturated rings. The average Bonchev–Trinajstić information content (AvgIpc) is 2.59. The van der Waals surface area contributed by atoms with Gasteiger partial charge in [0.1, 0.15) is 6.54 Å². The highest BCUT2D eigenvalue weighted by molar-refractivity contribution is 7.92. The van der Waals surface area contributed by atoms with Crippen LogP contribution in [0, 0.1) is 17.0 Å². The molecule has 2 N–H and O–H groups in total. The molecule has 11 heteroatoms. The number of nitro groups is 1. The standard InChI is InChI=1S/C18H20N4O6S/c1-12-7-8-16(22(25)26)10-17(12)21(29(3,27)28)11-18(24)20-15-6-4-5-14(9-15)19-13(2)23/h4-10H,11H2,1-3H3,(H,19,23)(H,20,24). The molecule has 0 saturated heterocycles. The van der Waals surface area contributed by atoms with Crippen molar-refractivity contribution < 1.29 is 22.9 Å². The van der Waals surface area contributed by atoms with Crippen LogP contribution in [0.15, 0.2) is 42.5 Å². The molecule has 0 aromatic heterocycles. The number of hydrogen-bond acceptors (Lipinski definition) is 6. The number of non-ortho nitro benzene ring substituents is 1. The Kier molecular flexibility index (Phi) is 6.54. The second kappa shape index (κ2) is 8.69. The van der Waals surface area contributed by atoms with Crippen molar-refractivity contribution in [1.82, 2.24) is 0 Å². The van der Waals surface area contributed by atoms with E-state index in [2.05, 4.69) is 10.6 Å². The number of sulfonamides is 1. The molecule has 0 radical (unpaired) electrons. The maximum absolute atomic E-state index is 12.5. The summed E-state index contributed by atoms with van der Waals surface area (Å²) >= 11 is 0. The van der Waals surface area contributed by atoms with Crippen molar-refractivity contribution in [3.8, 4) is 0 Å². The van der Waals surface area contributed by atoms with Crippen LogP contribution in [0.4, 0.5) is 22.7 Å². The number of nitro benzene ring substituents is 1. The molecule has 154 valence electrons. The van der Waals surface area contributed by atoms with E-state index >= 15 is 0 Å². The fourth-order valence-electron chi connectivity index (χ4n) is 2.57. The third-order valence-electron chi connectivity index (χ3n) is 3.83. The zero-order chi connectivity index (χ0) is 21.8. The first-order valence-corrected chi connectivity index (χ1v) is 10.2. The SMILES string of the molecule is CC(=O)Nc1cccc(NC(=O)CN(c2cc([N+](=O)[O-])ccc2C)S(C)(=O)=O)c1. The van der Waals surface area contributed by atoms with E-state index in [-0.39, 0.29) is 17.3 Å². The Bertz CT molecular complexity index is 1070. The van der Waals surface area contributed by atoms with Crippen molar-refractivity contribution in [3.63, 3.8) is 0 Å². The fourth-order valence-corrected chi connectivity index (χ4v) is 3.48. The Balaban J connectivity index is 2.28. The molecule has 2 rings (SSSR count). The Labute approximate surface area is 167 Å². The van der Waals surface area contributed by atoms with Crippen molar-refractivity contribution in [2.45, 2.75) is 13.8 Å². The van der Waals surface area contributed by atoms with Crippen molar-refractivity contribution in [2.24, 2.45) is 0 Å². The third kappa shape index (κ3) is 6.01. The number of nitrogens with zero attached hydrogens (tertiary/aromatic N) is 2. The number of rotatable bonds is 7. The minimum Gasteiger partial charge on any atom is -0.326 e. The molecule has 0 spiro atoms. The van der Waals surface area contributed by atoms with Crippen LogP contribution in [0.2, 0.25) is 0 Å². The van der Waals surface area contributed by atoms with Crippen LogP contribution in [-0.2, 0) is 19.6 Å². The van der Waals surface area contributed by atoms with Gasteiger partial charge in [0.2, 0.25) is 21.8 Å². The molecule has 2 amide bonds. The summed E-state index contributed by atoms with van der Waals surface area (Å²) < 4.78 is 25.3. The highest BCUT2D eigenvalue weighted by atomic mass is 32.2. The van der Waals surface area contributed by atoms with E-state index in [1.54, 1.807) is 25.1 Å². The second-order valence-electron chi connectivity index (χ2n) is 6.31. The van der Waals surface area contributed by atoms with E-state index in [1.807, 2.05) is 0 Å². The summed E-state index contributed by atoms with van der Waals surface area (Å²) in [6, 6.07) is 10.1. The molecule has 2 aromatic rings.